The molecule has 0 radical (unpaired) electrons. The molecule has 0 saturated heterocycles. The van der Waals surface area contributed by atoms with Gasteiger partial charge in [-0.1, -0.05) is 78.8 Å². The number of carboxylic acids is 1. The summed E-state index contributed by atoms with van der Waals surface area (Å²) in [6.07, 6.45) is 2.14. The van der Waals surface area contributed by atoms with Crippen LogP contribution in [0.4, 0.5) is 0 Å². The van der Waals surface area contributed by atoms with E-state index in [2.05, 4.69) is 85.8 Å². The lowest BCUT2D eigenvalue weighted by Crippen LogP contribution is -2.40. The summed E-state index contributed by atoms with van der Waals surface area (Å²) in [4.78, 5) is 12.2. The van der Waals surface area contributed by atoms with Crippen molar-refractivity contribution >= 4 is 14.3 Å². The summed E-state index contributed by atoms with van der Waals surface area (Å²) in [6, 6.07) is 12.2. The van der Waals surface area contributed by atoms with Crippen molar-refractivity contribution in [3.05, 3.63) is 58.7 Å². The average Bonchev–Trinajstić information content (AvgIpc) is 2.68. The van der Waals surface area contributed by atoms with E-state index < -0.39 is 14.3 Å². The first-order valence-corrected chi connectivity index (χ1v) is 14.6. The molecule has 1 N–H and O–H groups in total. The summed E-state index contributed by atoms with van der Waals surface area (Å²) in [5, 5.41) is 10.2. The maximum Gasteiger partial charge on any atom is 0.336 e. The van der Waals surface area contributed by atoms with Crippen molar-refractivity contribution in [3.63, 3.8) is 0 Å². The quantitative estimate of drug-likeness (QED) is 0.469. The number of benzene rings is 2. The van der Waals surface area contributed by atoms with E-state index in [9.17, 15) is 9.90 Å². The SMILES string of the molecule is CC1(C)CCC(C)(C)c2c1ccc(C(=O)O)c2-c1ccc(CO[Si](C)(C)C(C)(C)C)cc1. The molecule has 0 aliphatic heterocycles. The van der Waals surface area contributed by atoms with E-state index in [-0.39, 0.29) is 15.9 Å². The fourth-order valence-electron chi connectivity index (χ4n) is 4.48. The molecule has 1 aliphatic rings. The predicted molar refractivity (Wildman–Crippen MR) is 136 cm³/mol. The highest BCUT2D eigenvalue weighted by atomic mass is 28.4. The molecule has 1 aliphatic carbocycles. The predicted octanol–water partition coefficient (Wildman–Crippen LogP) is 7.92. The Morgan fingerprint density at radius 1 is 0.969 bits per heavy atom. The van der Waals surface area contributed by atoms with Crippen LogP contribution in [0.5, 0.6) is 0 Å². The highest BCUT2D eigenvalue weighted by molar-refractivity contribution is 6.74. The third-order valence-corrected chi connectivity index (χ3v) is 12.3. The first-order valence-electron chi connectivity index (χ1n) is 11.7. The summed E-state index contributed by atoms with van der Waals surface area (Å²) < 4.78 is 6.38. The molecule has 0 aromatic heterocycles. The highest BCUT2D eigenvalue weighted by Gasteiger charge is 2.40. The molecular weight excluding hydrogens is 412 g/mol. The molecule has 4 heteroatoms. The largest absolute Gasteiger partial charge is 0.478 e. The van der Waals surface area contributed by atoms with Gasteiger partial charge in [0.15, 0.2) is 8.32 Å². The number of hydrogen-bond acceptors (Lipinski definition) is 2. The first-order chi connectivity index (χ1) is 14.6. The number of carbonyl (C=O) groups is 1. The normalized spacial score (nSPS) is 17.7. The van der Waals surface area contributed by atoms with Gasteiger partial charge >= 0.3 is 5.97 Å². The Morgan fingerprint density at radius 2 is 1.53 bits per heavy atom. The van der Waals surface area contributed by atoms with E-state index in [1.807, 2.05) is 6.07 Å². The van der Waals surface area contributed by atoms with E-state index in [0.717, 1.165) is 29.5 Å². The molecule has 0 heterocycles. The molecule has 2 aromatic rings. The third-order valence-electron chi connectivity index (χ3n) is 7.87. The van der Waals surface area contributed by atoms with Gasteiger partial charge in [0.1, 0.15) is 0 Å². The van der Waals surface area contributed by atoms with Crippen LogP contribution in [0.15, 0.2) is 36.4 Å². The monoisotopic (exact) mass is 452 g/mol. The van der Waals surface area contributed by atoms with Gasteiger partial charge in [-0.05, 0) is 70.1 Å². The van der Waals surface area contributed by atoms with Crippen molar-refractivity contribution in [1.82, 2.24) is 0 Å². The number of aromatic carboxylic acids is 1. The van der Waals surface area contributed by atoms with Gasteiger partial charge in [0.25, 0.3) is 0 Å². The molecule has 0 spiro atoms. The number of rotatable bonds is 5. The second-order valence-corrected chi connectivity index (χ2v) is 17.0. The van der Waals surface area contributed by atoms with Crippen LogP contribution in [-0.4, -0.2) is 19.4 Å². The molecule has 3 nitrogen and oxygen atoms in total. The Labute approximate surface area is 195 Å². The Bertz CT molecular complexity index is 1010. The second-order valence-electron chi connectivity index (χ2n) is 12.2. The van der Waals surface area contributed by atoms with Crippen LogP contribution in [0.1, 0.15) is 88.4 Å². The standard InChI is InChI=1S/C28H40O3Si/c1-26(2,3)32(8,9)31-18-19-10-12-20(13-11-19)23-21(25(29)30)14-15-22-24(23)28(6,7)17-16-27(22,4)5/h10-15H,16-18H2,1-9H3,(H,29,30). The molecular formula is C28H40O3Si. The molecule has 174 valence electrons. The molecule has 0 unspecified atom stereocenters. The minimum Gasteiger partial charge on any atom is -0.478 e. The van der Waals surface area contributed by atoms with Crippen LogP contribution in [-0.2, 0) is 21.9 Å². The first kappa shape index (κ1) is 24.7. The van der Waals surface area contributed by atoms with Crippen LogP contribution >= 0.6 is 0 Å². The summed E-state index contributed by atoms with van der Waals surface area (Å²) >= 11 is 0. The topological polar surface area (TPSA) is 46.5 Å². The molecule has 0 atom stereocenters. The van der Waals surface area contributed by atoms with Crippen molar-refractivity contribution < 1.29 is 14.3 Å². The zero-order valence-corrected chi connectivity index (χ0v) is 22.3. The van der Waals surface area contributed by atoms with Gasteiger partial charge in [0.2, 0.25) is 0 Å². The number of hydrogen-bond donors (Lipinski definition) is 1. The van der Waals surface area contributed by atoms with Gasteiger partial charge in [-0.25, -0.2) is 4.79 Å². The van der Waals surface area contributed by atoms with Gasteiger partial charge in [0.05, 0.1) is 12.2 Å². The lowest BCUT2D eigenvalue weighted by atomic mass is 9.61. The van der Waals surface area contributed by atoms with E-state index in [1.165, 1.54) is 11.1 Å². The Kier molecular flexibility index (Phi) is 6.29. The maximum atomic E-state index is 12.2. The molecule has 0 bridgehead atoms. The van der Waals surface area contributed by atoms with Gasteiger partial charge in [-0.15, -0.1) is 0 Å². The third kappa shape index (κ3) is 4.58. The van der Waals surface area contributed by atoms with E-state index >= 15 is 0 Å². The number of fused-ring (bicyclic) bond motifs is 1. The Hall–Kier alpha value is -1.91. The highest BCUT2D eigenvalue weighted by Crippen LogP contribution is 2.50. The Morgan fingerprint density at radius 3 is 2.06 bits per heavy atom. The molecule has 0 saturated carbocycles. The number of carboxylic acid groups (broad SMARTS) is 1. The smallest absolute Gasteiger partial charge is 0.336 e. The van der Waals surface area contributed by atoms with Crippen molar-refractivity contribution in [2.45, 2.75) is 96.9 Å². The van der Waals surface area contributed by atoms with E-state index in [4.69, 9.17) is 4.43 Å². The van der Waals surface area contributed by atoms with Crippen LogP contribution in [0.3, 0.4) is 0 Å². The van der Waals surface area contributed by atoms with Crippen LogP contribution < -0.4 is 0 Å². The van der Waals surface area contributed by atoms with Crippen molar-refractivity contribution in [2.24, 2.45) is 0 Å². The fraction of sp³-hybridized carbons (Fsp3) is 0.536. The van der Waals surface area contributed by atoms with E-state index in [1.54, 1.807) is 6.07 Å². The molecule has 0 amide bonds. The summed E-state index contributed by atoms with van der Waals surface area (Å²) in [5.41, 5.74) is 5.80. The lowest BCUT2D eigenvalue weighted by molar-refractivity contribution is 0.0697. The molecule has 32 heavy (non-hydrogen) atoms. The summed E-state index contributed by atoms with van der Waals surface area (Å²) in [7, 11) is -1.82. The van der Waals surface area contributed by atoms with Crippen molar-refractivity contribution in [2.75, 3.05) is 0 Å². The van der Waals surface area contributed by atoms with Gasteiger partial charge in [-0.2, -0.15) is 0 Å². The van der Waals surface area contributed by atoms with Crippen molar-refractivity contribution in [1.29, 1.82) is 0 Å². The zero-order chi connectivity index (χ0) is 24.1. The van der Waals surface area contributed by atoms with Gasteiger partial charge in [0, 0.05) is 5.56 Å². The van der Waals surface area contributed by atoms with Gasteiger partial charge in [-0.3, -0.25) is 0 Å². The van der Waals surface area contributed by atoms with Crippen LogP contribution in [0.2, 0.25) is 18.1 Å². The molecule has 2 aromatic carbocycles. The summed E-state index contributed by atoms with van der Waals surface area (Å²) in [5.74, 6) is -0.868. The van der Waals surface area contributed by atoms with Gasteiger partial charge < -0.3 is 9.53 Å². The molecule has 0 fully saturated rings. The minimum absolute atomic E-state index is 0.0353. The van der Waals surface area contributed by atoms with Crippen molar-refractivity contribution in [3.8, 4) is 11.1 Å². The molecule has 3 rings (SSSR count). The Balaban J connectivity index is 2.06. The maximum absolute atomic E-state index is 12.2. The minimum atomic E-state index is -1.82. The second kappa shape index (κ2) is 8.14. The summed E-state index contributed by atoms with van der Waals surface area (Å²) in [6.45, 7) is 20.9. The zero-order valence-electron chi connectivity index (χ0n) is 21.3. The van der Waals surface area contributed by atoms with Crippen LogP contribution in [0, 0.1) is 0 Å². The average molecular weight is 453 g/mol. The fourth-order valence-corrected chi connectivity index (χ4v) is 5.44. The van der Waals surface area contributed by atoms with Crippen LogP contribution in [0.25, 0.3) is 11.1 Å². The van der Waals surface area contributed by atoms with E-state index in [0.29, 0.717) is 12.2 Å². The lowest BCUT2D eigenvalue weighted by Gasteiger charge is -2.43.